The minimum Gasteiger partial charge on any atom is -0.389 e. The number of pyridine rings is 1. The highest BCUT2D eigenvalue weighted by Gasteiger charge is 2.18. The third kappa shape index (κ3) is 1.95. The highest BCUT2D eigenvalue weighted by atomic mass is 16.3. The lowest BCUT2D eigenvalue weighted by Crippen LogP contribution is -2.34. The highest BCUT2D eigenvalue weighted by Crippen LogP contribution is 2.19. The summed E-state index contributed by atoms with van der Waals surface area (Å²) in [6.07, 6.45) is 3.01. The van der Waals surface area contributed by atoms with Gasteiger partial charge in [0.25, 0.3) is 0 Å². The van der Waals surface area contributed by atoms with Gasteiger partial charge in [-0.3, -0.25) is 0 Å². The summed E-state index contributed by atoms with van der Waals surface area (Å²) >= 11 is 0. The van der Waals surface area contributed by atoms with Crippen molar-refractivity contribution in [3.8, 4) is 0 Å². The lowest BCUT2D eigenvalue weighted by molar-refractivity contribution is 0.199. The third-order valence-corrected chi connectivity index (χ3v) is 3.22. The summed E-state index contributed by atoms with van der Waals surface area (Å²) in [7, 11) is 0. The predicted octanol–water partition coefficient (Wildman–Crippen LogP) is 0.747. The van der Waals surface area contributed by atoms with Crippen molar-refractivity contribution in [2.24, 2.45) is 0 Å². The van der Waals surface area contributed by atoms with Gasteiger partial charge >= 0.3 is 0 Å². The van der Waals surface area contributed by atoms with Gasteiger partial charge in [-0.2, -0.15) is 0 Å². The van der Waals surface area contributed by atoms with Crippen LogP contribution in [-0.4, -0.2) is 31.4 Å². The second-order valence-electron chi connectivity index (χ2n) is 4.49. The topological polar surface area (TPSA) is 67.1 Å². The monoisotopic (exact) mass is 245 g/mol. The molecule has 94 valence electrons. The number of aromatic nitrogens is 4. The van der Waals surface area contributed by atoms with E-state index in [1.165, 1.54) is 0 Å². The number of hydrogen-bond acceptors (Lipinski definition) is 5. The van der Waals surface area contributed by atoms with E-state index in [1.807, 2.05) is 12.1 Å². The second kappa shape index (κ2) is 4.38. The van der Waals surface area contributed by atoms with Gasteiger partial charge in [0.15, 0.2) is 5.82 Å². The lowest BCUT2D eigenvalue weighted by Gasteiger charge is -2.28. The summed E-state index contributed by atoms with van der Waals surface area (Å²) in [5.41, 5.74) is 0.832. The quantitative estimate of drug-likeness (QED) is 0.845. The van der Waals surface area contributed by atoms with E-state index in [2.05, 4.69) is 24.6 Å². The molecule has 1 aliphatic heterocycles. The van der Waals surface area contributed by atoms with E-state index in [0.29, 0.717) is 0 Å². The highest BCUT2D eigenvalue weighted by molar-refractivity contribution is 5.40. The summed E-state index contributed by atoms with van der Waals surface area (Å²) < 4.78 is 2.06. The van der Waals surface area contributed by atoms with Crippen molar-refractivity contribution in [2.75, 3.05) is 11.4 Å². The van der Waals surface area contributed by atoms with E-state index in [0.717, 1.165) is 36.8 Å². The van der Waals surface area contributed by atoms with Crippen molar-refractivity contribution in [3.05, 3.63) is 36.0 Å². The van der Waals surface area contributed by atoms with Gasteiger partial charge in [-0.25, -0.2) is 4.98 Å². The Morgan fingerprint density at radius 2 is 2.22 bits per heavy atom. The molecule has 0 aromatic carbocycles. The van der Waals surface area contributed by atoms with Crippen molar-refractivity contribution in [1.82, 2.24) is 19.7 Å². The fraction of sp³-hybridized carbons (Fsp3) is 0.417. The van der Waals surface area contributed by atoms with Crippen LogP contribution in [0.2, 0.25) is 0 Å². The summed E-state index contributed by atoms with van der Waals surface area (Å²) in [6.45, 7) is 4.23. The van der Waals surface area contributed by atoms with Gasteiger partial charge in [-0.05, 0) is 18.6 Å². The van der Waals surface area contributed by atoms with E-state index in [-0.39, 0.29) is 0 Å². The molecule has 0 spiro atoms. The average Bonchev–Trinajstić information content (AvgIpc) is 2.86. The van der Waals surface area contributed by atoms with Crippen LogP contribution in [-0.2, 0) is 13.1 Å². The zero-order chi connectivity index (χ0) is 12.5. The van der Waals surface area contributed by atoms with Crippen molar-refractivity contribution in [1.29, 1.82) is 0 Å². The van der Waals surface area contributed by atoms with Crippen LogP contribution in [0.5, 0.6) is 0 Å². The SMILES string of the molecule is C[C@H](O)c1ccc(N2CCn3cnnc3C2)nc1. The van der Waals surface area contributed by atoms with Crippen molar-refractivity contribution in [2.45, 2.75) is 26.1 Å². The van der Waals surface area contributed by atoms with Crippen molar-refractivity contribution < 1.29 is 5.11 Å². The Morgan fingerprint density at radius 1 is 1.33 bits per heavy atom. The standard InChI is InChI=1S/C12H15N5O/c1-9(18)10-2-3-11(13-6-10)16-4-5-17-8-14-15-12(17)7-16/h2-3,6,8-9,18H,4-5,7H2,1H3/t9-/m0/s1. The van der Waals surface area contributed by atoms with Crippen molar-refractivity contribution >= 4 is 5.82 Å². The number of fused-ring (bicyclic) bond motifs is 1. The van der Waals surface area contributed by atoms with Gasteiger partial charge < -0.3 is 14.6 Å². The van der Waals surface area contributed by atoms with Crippen LogP contribution in [0.3, 0.4) is 0 Å². The second-order valence-corrected chi connectivity index (χ2v) is 4.49. The number of hydrogen-bond donors (Lipinski definition) is 1. The van der Waals surface area contributed by atoms with Crippen LogP contribution in [0.15, 0.2) is 24.7 Å². The van der Waals surface area contributed by atoms with Gasteiger partial charge in [0.05, 0.1) is 12.6 Å². The molecule has 0 unspecified atom stereocenters. The predicted molar refractivity (Wildman–Crippen MR) is 65.9 cm³/mol. The maximum Gasteiger partial charge on any atom is 0.152 e. The Balaban J connectivity index is 1.80. The Kier molecular flexibility index (Phi) is 2.71. The molecule has 0 saturated heterocycles. The van der Waals surface area contributed by atoms with Crippen LogP contribution in [0.25, 0.3) is 0 Å². The summed E-state index contributed by atoms with van der Waals surface area (Å²) in [5.74, 6) is 1.87. The lowest BCUT2D eigenvalue weighted by atomic mass is 10.2. The number of rotatable bonds is 2. The minimum atomic E-state index is -0.476. The molecule has 1 N–H and O–H groups in total. The van der Waals surface area contributed by atoms with E-state index >= 15 is 0 Å². The Hall–Kier alpha value is -1.95. The first-order valence-corrected chi connectivity index (χ1v) is 5.99. The molecule has 3 rings (SSSR count). The molecule has 6 nitrogen and oxygen atoms in total. The number of aliphatic hydroxyl groups is 1. The van der Waals surface area contributed by atoms with E-state index in [1.54, 1.807) is 19.4 Å². The molecule has 2 aromatic heterocycles. The normalized spacial score (nSPS) is 16.4. The van der Waals surface area contributed by atoms with E-state index in [9.17, 15) is 5.11 Å². The zero-order valence-corrected chi connectivity index (χ0v) is 10.2. The molecule has 1 atom stereocenters. The maximum absolute atomic E-state index is 9.45. The molecule has 2 aromatic rings. The van der Waals surface area contributed by atoms with Crippen LogP contribution in [0, 0.1) is 0 Å². The summed E-state index contributed by atoms with van der Waals surface area (Å²) in [6, 6.07) is 3.85. The Bertz CT molecular complexity index is 534. The Morgan fingerprint density at radius 3 is 2.94 bits per heavy atom. The average molecular weight is 245 g/mol. The number of anilines is 1. The molecule has 3 heterocycles. The zero-order valence-electron chi connectivity index (χ0n) is 10.2. The largest absolute Gasteiger partial charge is 0.389 e. The third-order valence-electron chi connectivity index (χ3n) is 3.22. The number of nitrogens with zero attached hydrogens (tertiary/aromatic N) is 5. The smallest absolute Gasteiger partial charge is 0.152 e. The molecule has 0 aliphatic carbocycles. The molecule has 0 amide bonds. The first-order valence-electron chi connectivity index (χ1n) is 5.99. The molecule has 0 bridgehead atoms. The molecular weight excluding hydrogens is 230 g/mol. The fourth-order valence-electron chi connectivity index (χ4n) is 2.09. The molecule has 0 fully saturated rings. The van der Waals surface area contributed by atoms with Gasteiger partial charge in [-0.15, -0.1) is 10.2 Å². The Labute approximate surface area is 105 Å². The number of aliphatic hydroxyl groups excluding tert-OH is 1. The van der Waals surface area contributed by atoms with E-state index in [4.69, 9.17) is 0 Å². The molecule has 6 heteroatoms. The fourth-order valence-corrected chi connectivity index (χ4v) is 2.09. The van der Waals surface area contributed by atoms with Crippen LogP contribution in [0.1, 0.15) is 24.4 Å². The van der Waals surface area contributed by atoms with Crippen LogP contribution in [0.4, 0.5) is 5.82 Å². The van der Waals surface area contributed by atoms with Crippen LogP contribution < -0.4 is 4.90 Å². The molecule has 18 heavy (non-hydrogen) atoms. The van der Waals surface area contributed by atoms with Crippen LogP contribution >= 0.6 is 0 Å². The van der Waals surface area contributed by atoms with Crippen molar-refractivity contribution in [3.63, 3.8) is 0 Å². The summed E-state index contributed by atoms with van der Waals surface area (Å²) in [5, 5.41) is 17.4. The van der Waals surface area contributed by atoms with Gasteiger partial charge in [0.1, 0.15) is 12.1 Å². The molecule has 0 radical (unpaired) electrons. The minimum absolute atomic E-state index is 0.476. The molecule has 0 saturated carbocycles. The summed E-state index contributed by atoms with van der Waals surface area (Å²) in [4.78, 5) is 6.55. The first-order chi connectivity index (χ1) is 8.74. The van der Waals surface area contributed by atoms with Gasteiger partial charge in [0.2, 0.25) is 0 Å². The maximum atomic E-state index is 9.45. The first kappa shape index (κ1) is 11.2. The molecule has 1 aliphatic rings. The molecular formula is C12H15N5O. The van der Waals surface area contributed by atoms with Gasteiger partial charge in [-0.1, -0.05) is 6.07 Å². The van der Waals surface area contributed by atoms with E-state index < -0.39 is 6.10 Å². The van der Waals surface area contributed by atoms with Gasteiger partial charge in [0, 0.05) is 19.3 Å².